The minimum absolute atomic E-state index is 0.0790. The Morgan fingerprint density at radius 1 is 1.32 bits per heavy atom. The van der Waals surface area contributed by atoms with Crippen LogP contribution in [0.1, 0.15) is 18.0 Å². The van der Waals surface area contributed by atoms with E-state index in [9.17, 15) is 13.6 Å². The Kier molecular flexibility index (Phi) is 4.28. The number of carbonyl (C=O) groups excluding carboxylic acids is 1. The van der Waals surface area contributed by atoms with Gasteiger partial charge in [-0.15, -0.1) is 0 Å². The smallest absolute Gasteiger partial charge is 0.387 e. The molecule has 19 heavy (non-hydrogen) atoms. The first-order valence-electron chi connectivity index (χ1n) is 5.74. The fraction of sp³-hybridized carbons (Fsp3) is 0.417. The number of rotatable bonds is 4. The van der Waals surface area contributed by atoms with Crippen molar-refractivity contribution in [3.05, 3.63) is 29.8 Å². The van der Waals surface area contributed by atoms with Crippen molar-refractivity contribution in [3.8, 4) is 5.75 Å². The van der Waals surface area contributed by atoms with Crippen molar-refractivity contribution in [1.29, 1.82) is 0 Å². The van der Waals surface area contributed by atoms with Crippen LogP contribution in [0.2, 0.25) is 0 Å². The van der Waals surface area contributed by atoms with E-state index < -0.39 is 12.7 Å². The first kappa shape index (κ1) is 13.7. The number of nitrogens with one attached hydrogen (secondary N) is 2. The Labute approximate surface area is 108 Å². The average Bonchev–Trinajstić information content (AvgIpc) is 2.87. The van der Waals surface area contributed by atoms with Crippen molar-refractivity contribution in [2.24, 2.45) is 0 Å². The molecule has 104 valence electrons. The average molecular weight is 272 g/mol. The lowest BCUT2D eigenvalue weighted by atomic mass is 10.0. The number of hydrazine groups is 1. The predicted molar refractivity (Wildman–Crippen MR) is 62.5 cm³/mol. The maximum absolute atomic E-state index is 12.0. The quantitative estimate of drug-likeness (QED) is 0.811. The summed E-state index contributed by atoms with van der Waals surface area (Å²) < 4.78 is 32.9. The van der Waals surface area contributed by atoms with Crippen LogP contribution in [0.5, 0.6) is 5.75 Å². The SMILES string of the molecule is COC(=O)C1CC(c2ccc(OC(F)F)cc2)NN1. The summed E-state index contributed by atoms with van der Waals surface area (Å²) >= 11 is 0. The van der Waals surface area contributed by atoms with Crippen molar-refractivity contribution in [2.45, 2.75) is 25.1 Å². The first-order valence-corrected chi connectivity index (χ1v) is 5.74. The largest absolute Gasteiger partial charge is 0.468 e. The van der Waals surface area contributed by atoms with E-state index >= 15 is 0 Å². The Morgan fingerprint density at radius 3 is 2.58 bits per heavy atom. The molecular formula is C12H14F2N2O3. The molecule has 0 saturated carbocycles. The van der Waals surface area contributed by atoms with Crippen LogP contribution in [-0.2, 0) is 9.53 Å². The van der Waals surface area contributed by atoms with E-state index in [1.54, 1.807) is 12.1 Å². The molecule has 1 fully saturated rings. The lowest BCUT2D eigenvalue weighted by Gasteiger charge is -2.10. The van der Waals surface area contributed by atoms with Gasteiger partial charge in [-0.25, -0.2) is 10.9 Å². The summed E-state index contributed by atoms with van der Waals surface area (Å²) in [5.41, 5.74) is 6.66. The molecule has 0 radical (unpaired) electrons. The summed E-state index contributed by atoms with van der Waals surface area (Å²) in [6.07, 6.45) is 0.529. The van der Waals surface area contributed by atoms with Crippen LogP contribution in [0, 0.1) is 0 Å². The number of esters is 1. The number of hydrogen-bond acceptors (Lipinski definition) is 5. The second-order valence-electron chi connectivity index (χ2n) is 4.10. The van der Waals surface area contributed by atoms with E-state index in [0.29, 0.717) is 6.42 Å². The number of carbonyl (C=O) groups is 1. The van der Waals surface area contributed by atoms with Crippen LogP contribution >= 0.6 is 0 Å². The summed E-state index contributed by atoms with van der Waals surface area (Å²) in [7, 11) is 1.33. The third-order valence-corrected chi connectivity index (χ3v) is 2.90. The molecule has 0 amide bonds. The van der Waals surface area contributed by atoms with Crippen LogP contribution in [-0.4, -0.2) is 25.7 Å². The molecule has 1 aliphatic rings. The minimum Gasteiger partial charge on any atom is -0.468 e. The fourth-order valence-electron chi connectivity index (χ4n) is 1.95. The molecule has 2 unspecified atom stereocenters. The monoisotopic (exact) mass is 272 g/mol. The van der Waals surface area contributed by atoms with Crippen molar-refractivity contribution >= 4 is 5.97 Å². The minimum atomic E-state index is -2.83. The summed E-state index contributed by atoms with van der Waals surface area (Å²) in [6.45, 7) is -2.83. The van der Waals surface area contributed by atoms with Gasteiger partial charge in [-0.2, -0.15) is 8.78 Å². The number of alkyl halides is 2. The van der Waals surface area contributed by atoms with Gasteiger partial charge in [0.2, 0.25) is 0 Å². The van der Waals surface area contributed by atoms with Crippen LogP contribution in [0.25, 0.3) is 0 Å². The van der Waals surface area contributed by atoms with Gasteiger partial charge >= 0.3 is 12.6 Å². The van der Waals surface area contributed by atoms with Gasteiger partial charge < -0.3 is 9.47 Å². The Bertz CT molecular complexity index is 439. The lowest BCUT2D eigenvalue weighted by molar-refractivity contribution is -0.142. The molecule has 0 spiro atoms. The molecule has 2 atom stereocenters. The third-order valence-electron chi connectivity index (χ3n) is 2.90. The number of halogens is 2. The topological polar surface area (TPSA) is 59.6 Å². The van der Waals surface area contributed by atoms with E-state index in [1.165, 1.54) is 19.2 Å². The highest BCUT2D eigenvalue weighted by Gasteiger charge is 2.30. The zero-order chi connectivity index (χ0) is 13.8. The standard InChI is InChI=1S/C12H14F2N2O3/c1-18-11(17)10-6-9(15-16-10)7-2-4-8(5-3-7)19-12(13)14/h2-5,9-10,12,15-16H,6H2,1H3. The molecule has 7 heteroatoms. The van der Waals surface area contributed by atoms with E-state index in [2.05, 4.69) is 20.3 Å². The highest BCUT2D eigenvalue weighted by Crippen LogP contribution is 2.25. The Morgan fingerprint density at radius 2 is 2.00 bits per heavy atom. The molecule has 1 heterocycles. The fourth-order valence-corrected chi connectivity index (χ4v) is 1.95. The normalized spacial score (nSPS) is 22.5. The van der Waals surface area contributed by atoms with Gasteiger partial charge in [0.1, 0.15) is 11.8 Å². The van der Waals surface area contributed by atoms with E-state index in [4.69, 9.17) is 0 Å². The maximum atomic E-state index is 12.0. The van der Waals surface area contributed by atoms with E-state index in [-0.39, 0.29) is 17.8 Å². The molecule has 2 N–H and O–H groups in total. The molecule has 0 aromatic heterocycles. The van der Waals surface area contributed by atoms with Gasteiger partial charge in [0.15, 0.2) is 0 Å². The van der Waals surface area contributed by atoms with Crippen LogP contribution in [0.15, 0.2) is 24.3 Å². The molecule has 1 aromatic carbocycles. The van der Waals surface area contributed by atoms with Gasteiger partial charge in [0.25, 0.3) is 0 Å². The highest BCUT2D eigenvalue weighted by molar-refractivity contribution is 5.76. The van der Waals surface area contributed by atoms with Crippen molar-refractivity contribution < 1.29 is 23.0 Å². The highest BCUT2D eigenvalue weighted by atomic mass is 19.3. The first-order chi connectivity index (χ1) is 9.10. The van der Waals surface area contributed by atoms with Crippen LogP contribution in [0.3, 0.4) is 0 Å². The van der Waals surface area contributed by atoms with Crippen molar-refractivity contribution in [2.75, 3.05) is 7.11 Å². The number of hydrogen-bond donors (Lipinski definition) is 2. The van der Waals surface area contributed by atoms with Gasteiger partial charge in [0, 0.05) is 6.04 Å². The van der Waals surface area contributed by atoms with E-state index in [0.717, 1.165) is 5.56 Å². The maximum Gasteiger partial charge on any atom is 0.387 e. The lowest BCUT2D eigenvalue weighted by Crippen LogP contribution is -2.36. The molecular weight excluding hydrogens is 258 g/mol. The molecule has 0 aliphatic carbocycles. The Hall–Kier alpha value is -1.73. The number of ether oxygens (including phenoxy) is 2. The van der Waals surface area contributed by atoms with Gasteiger partial charge in [-0.05, 0) is 24.1 Å². The summed E-state index contributed by atoms with van der Waals surface area (Å²) in [5, 5.41) is 0. The second kappa shape index (κ2) is 5.94. The zero-order valence-electron chi connectivity index (χ0n) is 10.2. The Balaban J connectivity index is 1.98. The molecule has 0 bridgehead atoms. The molecule has 1 saturated heterocycles. The summed E-state index contributed by atoms with van der Waals surface area (Å²) in [4.78, 5) is 11.3. The molecule has 5 nitrogen and oxygen atoms in total. The third kappa shape index (κ3) is 3.39. The summed E-state index contributed by atoms with van der Waals surface area (Å²) in [5.74, 6) is -0.234. The van der Waals surface area contributed by atoms with Crippen LogP contribution in [0.4, 0.5) is 8.78 Å². The van der Waals surface area contributed by atoms with Gasteiger partial charge in [-0.3, -0.25) is 4.79 Å². The number of benzene rings is 1. The second-order valence-corrected chi connectivity index (χ2v) is 4.10. The van der Waals surface area contributed by atoms with E-state index in [1.807, 2.05) is 0 Å². The van der Waals surface area contributed by atoms with Crippen molar-refractivity contribution in [3.63, 3.8) is 0 Å². The number of methoxy groups -OCH3 is 1. The van der Waals surface area contributed by atoms with Gasteiger partial charge in [-0.1, -0.05) is 12.1 Å². The zero-order valence-corrected chi connectivity index (χ0v) is 10.2. The summed E-state index contributed by atoms with van der Waals surface area (Å²) in [6, 6.07) is 5.80. The van der Waals surface area contributed by atoms with Crippen molar-refractivity contribution in [1.82, 2.24) is 10.9 Å². The molecule has 2 rings (SSSR count). The van der Waals surface area contributed by atoms with Crippen LogP contribution < -0.4 is 15.6 Å². The van der Waals surface area contributed by atoms with Gasteiger partial charge in [0.05, 0.1) is 7.11 Å². The molecule has 1 aromatic rings. The predicted octanol–water partition coefficient (Wildman–Crippen LogP) is 1.37. The molecule has 1 aliphatic heterocycles.